The molecule has 36 heavy (non-hydrogen) atoms. The van der Waals surface area contributed by atoms with Crippen LogP contribution >= 0.6 is 23.8 Å². The maximum atomic E-state index is 12.8. The van der Waals surface area contributed by atoms with Gasteiger partial charge in [0, 0.05) is 57.0 Å². The molecule has 1 amide bonds. The van der Waals surface area contributed by atoms with Gasteiger partial charge in [-0.1, -0.05) is 17.7 Å². The van der Waals surface area contributed by atoms with E-state index in [0.29, 0.717) is 42.6 Å². The van der Waals surface area contributed by atoms with Crippen molar-refractivity contribution in [2.24, 2.45) is 0 Å². The fourth-order valence-electron chi connectivity index (χ4n) is 4.56. The maximum Gasteiger partial charge on any atom is 0.294 e. The number of benzene rings is 2. The van der Waals surface area contributed by atoms with Gasteiger partial charge in [-0.3, -0.25) is 30.3 Å². The molecular formula is C23H25ClN6O5S. The maximum absolute atomic E-state index is 12.8. The van der Waals surface area contributed by atoms with Gasteiger partial charge in [-0.05, 0) is 49.7 Å². The second kappa shape index (κ2) is 11.0. The topological polar surface area (TPSA) is 125 Å². The van der Waals surface area contributed by atoms with Crippen LogP contribution < -0.4 is 15.1 Å². The van der Waals surface area contributed by atoms with Crippen LogP contribution in [0.5, 0.6) is 0 Å². The molecule has 1 N–H and O–H groups in total. The quantitative estimate of drug-likeness (QED) is 0.345. The second-order valence-corrected chi connectivity index (χ2v) is 9.40. The van der Waals surface area contributed by atoms with E-state index in [1.165, 1.54) is 18.2 Å². The number of piperazine rings is 1. The molecule has 2 fully saturated rings. The van der Waals surface area contributed by atoms with Crippen LogP contribution in [0.25, 0.3) is 0 Å². The Bertz CT molecular complexity index is 1200. The molecule has 2 aromatic rings. The molecule has 0 unspecified atom stereocenters. The van der Waals surface area contributed by atoms with Gasteiger partial charge in [0.15, 0.2) is 5.11 Å². The van der Waals surface area contributed by atoms with E-state index in [1.807, 2.05) is 9.80 Å². The number of anilines is 2. The Morgan fingerprint density at radius 2 is 1.56 bits per heavy atom. The Labute approximate surface area is 217 Å². The highest BCUT2D eigenvalue weighted by atomic mass is 35.5. The van der Waals surface area contributed by atoms with Crippen LogP contribution in [0.15, 0.2) is 36.4 Å². The summed E-state index contributed by atoms with van der Waals surface area (Å²) in [6.45, 7) is 3.15. The summed E-state index contributed by atoms with van der Waals surface area (Å²) in [5.41, 5.74) is 0.852. The van der Waals surface area contributed by atoms with E-state index < -0.39 is 15.8 Å². The van der Waals surface area contributed by atoms with Crippen LogP contribution in [0, 0.1) is 20.2 Å². The molecule has 0 bridgehead atoms. The molecule has 0 radical (unpaired) electrons. The normalized spacial score (nSPS) is 16.0. The summed E-state index contributed by atoms with van der Waals surface area (Å²) in [5.74, 6) is -0.530. The molecule has 0 atom stereocenters. The molecule has 11 nitrogen and oxygen atoms in total. The third kappa shape index (κ3) is 5.49. The fraction of sp³-hybridized carbons (Fsp3) is 0.391. The van der Waals surface area contributed by atoms with E-state index in [-0.39, 0.29) is 22.1 Å². The van der Waals surface area contributed by atoms with Gasteiger partial charge in [0.1, 0.15) is 11.4 Å². The number of piperidine rings is 1. The van der Waals surface area contributed by atoms with Crippen molar-refractivity contribution in [1.82, 2.24) is 10.2 Å². The van der Waals surface area contributed by atoms with Crippen LogP contribution in [0.4, 0.5) is 22.7 Å². The van der Waals surface area contributed by atoms with E-state index in [2.05, 4.69) is 5.32 Å². The Morgan fingerprint density at radius 1 is 0.889 bits per heavy atom. The Balaban J connectivity index is 1.41. The first-order chi connectivity index (χ1) is 17.3. The van der Waals surface area contributed by atoms with Crippen molar-refractivity contribution in [1.29, 1.82) is 0 Å². The lowest BCUT2D eigenvalue weighted by Gasteiger charge is -2.37. The highest BCUT2D eigenvalue weighted by molar-refractivity contribution is 7.80. The minimum absolute atomic E-state index is 0.0681. The summed E-state index contributed by atoms with van der Waals surface area (Å²) in [6, 6.07) is 9.04. The standard InChI is InChI=1S/C23H25ClN6O5S/c24-17-5-4-6-19(29(32)33)21(17)27-11-13-28(14-12-27)23(36)25-22(31)16-7-8-18(20(15-16)30(34)35)26-9-2-1-3-10-26/h4-8,15H,1-3,9-14H2,(H,25,31,36). The molecule has 2 aliphatic heterocycles. The van der Waals surface area contributed by atoms with Crippen molar-refractivity contribution in [3.8, 4) is 0 Å². The highest BCUT2D eigenvalue weighted by Gasteiger charge is 2.28. The van der Waals surface area contributed by atoms with Gasteiger partial charge in [-0.25, -0.2) is 0 Å². The van der Waals surface area contributed by atoms with Crippen LogP contribution in [-0.2, 0) is 0 Å². The molecule has 190 valence electrons. The van der Waals surface area contributed by atoms with Gasteiger partial charge >= 0.3 is 0 Å². The first-order valence-corrected chi connectivity index (χ1v) is 12.4. The van der Waals surface area contributed by atoms with Crippen LogP contribution in [0.3, 0.4) is 0 Å². The molecule has 4 rings (SSSR count). The number of carbonyl (C=O) groups excluding carboxylic acids is 1. The fourth-order valence-corrected chi connectivity index (χ4v) is 5.12. The number of para-hydroxylation sites is 1. The number of nitrogens with one attached hydrogen (secondary N) is 1. The minimum Gasteiger partial charge on any atom is -0.366 e. The highest BCUT2D eigenvalue weighted by Crippen LogP contribution is 2.36. The summed E-state index contributed by atoms with van der Waals surface area (Å²) in [4.78, 5) is 40.6. The van der Waals surface area contributed by atoms with E-state index in [4.69, 9.17) is 23.8 Å². The minimum atomic E-state index is -0.530. The number of thiocarbonyl (C=S) groups is 1. The second-order valence-electron chi connectivity index (χ2n) is 8.61. The predicted molar refractivity (Wildman–Crippen MR) is 141 cm³/mol. The lowest BCUT2D eigenvalue weighted by molar-refractivity contribution is -0.384. The van der Waals surface area contributed by atoms with Crippen LogP contribution in [-0.4, -0.2) is 65.0 Å². The smallest absolute Gasteiger partial charge is 0.294 e. The monoisotopic (exact) mass is 532 g/mol. The third-order valence-corrected chi connectivity index (χ3v) is 7.06. The lowest BCUT2D eigenvalue weighted by atomic mass is 10.1. The molecule has 2 saturated heterocycles. The number of hydrogen-bond donors (Lipinski definition) is 1. The Kier molecular flexibility index (Phi) is 7.85. The number of halogens is 1. The van der Waals surface area contributed by atoms with Crippen molar-refractivity contribution >= 4 is 57.6 Å². The largest absolute Gasteiger partial charge is 0.366 e. The van der Waals surface area contributed by atoms with Crippen molar-refractivity contribution in [3.63, 3.8) is 0 Å². The van der Waals surface area contributed by atoms with E-state index in [9.17, 15) is 25.0 Å². The summed E-state index contributed by atoms with van der Waals surface area (Å²) < 4.78 is 0. The summed E-state index contributed by atoms with van der Waals surface area (Å²) in [5, 5.41) is 26.3. The molecule has 0 aromatic heterocycles. The van der Waals surface area contributed by atoms with Gasteiger partial charge in [-0.2, -0.15) is 0 Å². The van der Waals surface area contributed by atoms with Gasteiger partial charge in [0.2, 0.25) is 0 Å². The van der Waals surface area contributed by atoms with Gasteiger partial charge in [-0.15, -0.1) is 0 Å². The molecule has 0 aliphatic carbocycles. The molecular weight excluding hydrogens is 508 g/mol. The molecule has 2 aliphatic rings. The average molecular weight is 533 g/mol. The lowest BCUT2D eigenvalue weighted by Crippen LogP contribution is -2.52. The van der Waals surface area contributed by atoms with E-state index >= 15 is 0 Å². The van der Waals surface area contributed by atoms with Gasteiger partial charge < -0.3 is 14.7 Å². The number of rotatable bonds is 5. The molecule has 13 heteroatoms. The SMILES string of the molecule is O=C(NC(=S)N1CCN(c2c(Cl)cccc2[N+](=O)[O-])CC1)c1ccc(N2CCCCC2)c([N+](=O)[O-])c1. The number of nitrogens with zero attached hydrogens (tertiary/aromatic N) is 5. The average Bonchev–Trinajstić information content (AvgIpc) is 2.88. The molecule has 2 heterocycles. The van der Waals surface area contributed by atoms with Crippen molar-refractivity contribution in [3.05, 3.63) is 67.2 Å². The summed E-state index contributed by atoms with van der Waals surface area (Å²) in [7, 11) is 0. The first kappa shape index (κ1) is 25.6. The first-order valence-electron chi connectivity index (χ1n) is 11.6. The van der Waals surface area contributed by atoms with Crippen LogP contribution in [0.2, 0.25) is 5.02 Å². The van der Waals surface area contributed by atoms with Gasteiger partial charge in [0.25, 0.3) is 17.3 Å². The van der Waals surface area contributed by atoms with Crippen molar-refractivity contribution in [2.45, 2.75) is 19.3 Å². The summed E-state index contributed by atoms with van der Waals surface area (Å²) in [6.07, 6.45) is 3.06. The molecule has 0 spiro atoms. The molecule has 0 saturated carbocycles. The Hall–Kier alpha value is -3.51. The number of nitro groups is 2. The number of amides is 1. The number of hydrogen-bond acceptors (Lipinski definition) is 8. The number of carbonyl (C=O) groups is 1. The molecule has 2 aromatic carbocycles. The van der Waals surface area contributed by atoms with Crippen molar-refractivity contribution in [2.75, 3.05) is 49.1 Å². The number of nitro benzene ring substituents is 2. The van der Waals surface area contributed by atoms with Crippen LogP contribution in [0.1, 0.15) is 29.6 Å². The zero-order valence-electron chi connectivity index (χ0n) is 19.4. The predicted octanol–water partition coefficient (Wildman–Crippen LogP) is 3.98. The van der Waals surface area contributed by atoms with Crippen molar-refractivity contribution < 1.29 is 14.6 Å². The Morgan fingerprint density at radius 3 is 2.19 bits per heavy atom. The third-order valence-electron chi connectivity index (χ3n) is 6.40. The van der Waals surface area contributed by atoms with E-state index in [0.717, 1.165) is 32.4 Å². The summed E-state index contributed by atoms with van der Waals surface area (Å²) >= 11 is 11.7. The van der Waals surface area contributed by atoms with Gasteiger partial charge in [0.05, 0.1) is 14.9 Å². The zero-order chi connectivity index (χ0) is 25.8. The van der Waals surface area contributed by atoms with E-state index in [1.54, 1.807) is 23.1 Å². The zero-order valence-corrected chi connectivity index (χ0v) is 21.0.